The average molecular weight is 237 g/mol. The van der Waals surface area contributed by atoms with E-state index in [0.29, 0.717) is 14.5 Å². The second-order valence-electron chi connectivity index (χ2n) is 3.36. The van der Waals surface area contributed by atoms with Crippen LogP contribution in [0.1, 0.15) is 25.3 Å². The Morgan fingerprint density at radius 2 is 2.08 bits per heavy atom. The Labute approximate surface area is 85.3 Å². The van der Waals surface area contributed by atoms with Crippen LogP contribution in [0.15, 0.2) is 29.2 Å². The topological polar surface area (TPSA) is 0 Å². The molecule has 0 saturated heterocycles. The Bertz CT molecular complexity index is 387. The molecule has 0 atom stereocenters. The Balaban J connectivity index is 2.35. The van der Waals surface area contributed by atoms with Gasteiger partial charge in [-0.2, -0.15) is 0 Å². The number of hydrogen-bond acceptors (Lipinski definition) is 0. The minimum atomic E-state index is 0.611. The molecule has 1 aromatic heterocycles. The fraction of sp³-hybridized carbons (Fsp3) is 0.333. The van der Waals surface area contributed by atoms with E-state index in [9.17, 15) is 0 Å². The van der Waals surface area contributed by atoms with E-state index in [2.05, 4.69) is 36.1 Å². The van der Waals surface area contributed by atoms with Gasteiger partial charge in [0.15, 0.2) is 0 Å². The van der Waals surface area contributed by atoms with Gasteiger partial charge in [0.2, 0.25) is 0 Å². The summed E-state index contributed by atoms with van der Waals surface area (Å²) in [6.45, 7) is 2.26. The number of benzene rings is 1. The van der Waals surface area contributed by atoms with E-state index in [1.165, 1.54) is 24.6 Å². The molecule has 2 rings (SSSR count). The van der Waals surface area contributed by atoms with Crippen molar-refractivity contribution in [1.82, 2.24) is 0 Å². The maximum atomic E-state index is 2.45. The van der Waals surface area contributed by atoms with Crippen LogP contribution < -0.4 is 0 Å². The van der Waals surface area contributed by atoms with Crippen molar-refractivity contribution in [3.63, 3.8) is 0 Å². The van der Waals surface area contributed by atoms with E-state index < -0.39 is 0 Å². The zero-order valence-corrected chi connectivity index (χ0v) is 9.63. The zero-order chi connectivity index (χ0) is 9.10. The number of fused-ring (bicyclic) bond motifs is 1. The van der Waals surface area contributed by atoms with Gasteiger partial charge in [-0.25, -0.2) is 0 Å². The summed E-state index contributed by atoms with van der Waals surface area (Å²) in [6.07, 6.45) is 3.90. The Hall–Kier alpha value is -0.521. The van der Waals surface area contributed by atoms with E-state index in [0.717, 1.165) is 0 Å². The van der Waals surface area contributed by atoms with Crippen LogP contribution in [0.2, 0.25) is 0 Å². The molecule has 1 aromatic carbocycles. The molecule has 0 amide bonds. The summed E-state index contributed by atoms with van der Waals surface area (Å²) in [6, 6.07) is 8.84. The maximum absolute atomic E-state index is 2.45. The second kappa shape index (κ2) is 4.13. The van der Waals surface area contributed by atoms with E-state index in [4.69, 9.17) is 0 Å². The van der Waals surface area contributed by atoms with Crippen molar-refractivity contribution < 1.29 is 0 Å². The molecule has 0 aliphatic heterocycles. The van der Waals surface area contributed by atoms with Crippen LogP contribution in [0.4, 0.5) is 0 Å². The Kier molecular flexibility index (Phi) is 2.87. The molecule has 0 aliphatic rings. The van der Waals surface area contributed by atoms with Crippen molar-refractivity contribution >= 4 is 24.1 Å². The van der Waals surface area contributed by atoms with Gasteiger partial charge < -0.3 is 0 Å². The van der Waals surface area contributed by atoms with Crippen LogP contribution >= 0.6 is 0 Å². The van der Waals surface area contributed by atoms with Gasteiger partial charge >= 0.3 is 85.1 Å². The molecule has 68 valence electrons. The third-order valence-corrected chi connectivity index (χ3v) is 4.48. The van der Waals surface area contributed by atoms with Crippen LogP contribution in [0, 0.1) is 0 Å². The molecule has 0 N–H and O–H groups in total. The van der Waals surface area contributed by atoms with Crippen molar-refractivity contribution in [3.8, 4) is 0 Å². The van der Waals surface area contributed by atoms with Gasteiger partial charge in [0.25, 0.3) is 0 Å². The van der Waals surface area contributed by atoms with Crippen LogP contribution in [0.5, 0.6) is 0 Å². The third-order valence-electron chi connectivity index (χ3n) is 2.36. The van der Waals surface area contributed by atoms with Crippen LogP contribution in [0.25, 0.3) is 9.65 Å². The molecule has 0 fully saturated rings. The van der Waals surface area contributed by atoms with E-state index in [1.54, 1.807) is 9.82 Å². The quantitative estimate of drug-likeness (QED) is 0.719. The standard InChI is InChI=1S/C12H14Se/c1-2-3-6-10-9-13-12-8-5-4-7-11(10)12/h4-5,7-9H,2-3,6H2,1H3. The summed E-state index contributed by atoms with van der Waals surface area (Å²) < 4.78 is 1.57. The Morgan fingerprint density at radius 3 is 2.92 bits per heavy atom. The molecule has 0 nitrogen and oxygen atoms in total. The normalized spacial score (nSPS) is 10.8. The molecule has 1 heteroatoms. The molecular formula is C12H14Se. The summed E-state index contributed by atoms with van der Waals surface area (Å²) in [5, 5.41) is 1.52. The molecule has 0 radical (unpaired) electrons. The van der Waals surface area contributed by atoms with Gasteiger partial charge in [0.1, 0.15) is 0 Å². The first-order valence-electron chi connectivity index (χ1n) is 4.87. The molecular weight excluding hydrogens is 223 g/mol. The zero-order valence-electron chi connectivity index (χ0n) is 7.92. The van der Waals surface area contributed by atoms with Gasteiger partial charge in [-0.3, -0.25) is 0 Å². The summed E-state index contributed by atoms with van der Waals surface area (Å²) >= 11 is 0.611. The number of hydrogen-bond donors (Lipinski definition) is 0. The summed E-state index contributed by atoms with van der Waals surface area (Å²) in [5.74, 6) is 0. The molecule has 0 spiro atoms. The molecule has 0 saturated carbocycles. The molecule has 0 aliphatic carbocycles. The van der Waals surface area contributed by atoms with Gasteiger partial charge in [-0.15, -0.1) is 0 Å². The minimum absolute atomic E-state index is 0.611. The van der Waals surface area contributed by atoms with Crippen molar-refractivity contribution in [2.45, 2.75) is 26.2 Å². The van der Waals surface area contributed by atoms with E-state index in [-0.39, 0.29) is 0 Å². The Morgan fingerprint density at radius 1 is 1.23 bits per heavy atom. The third kappa shape index (κ3) is 1.87. The van der Waals surface area contributed by atoms with Gasteiger partial charge in [0, 0.05) is 0 Å². The van der Waals surface area contributed by atoms with E-state index >= 15 is 0 Å². The van der Waals surface area contributed by atoms with Gasteiger partial charge in [-0.1, -0.05) is 0 Å². The van der Waals surface area contributed by atoms with Crippen LogP contribution in [-0.4, -0.2) is 14.5 Å². The van der Waals surface area contributed by atoms with Gasteiger partial charge in [0.05, 0.1) is 0 Å². The summed E-state index contributed by atoms with van der Waals surface area (Å²) in [7, 11) is 0. The predicted molar refractivity (Wildman–Crippen MR) is 59.5 cm³/mol. The number of rotatable bonds is 3. The predicted octanol–water partition coefficient (Wildman–Crippen LogP) is 3.24. The van der Waals surface area contributed by atoms with Crippen molar-refractivity contribution in [2.24, 2.45) is 0 Å². The summed E-state index contributed by atoms with van der Waals surface area (Å²) in [4.78, 5) is 2.45. The van der Waals surface area contributed by atoms with Crippen LogP contribution in [0.3, 0.4) is 0 Å². The molecule has 2 aromatic rings. The fourth-order valence-electron chi connectivity index (χ4n) is 1.59. The number of unbranched alkanes of at least 4 members (excludes halogenated alkanes) is 1. The van der Waals surface area contributed by atoms with Crippen molar-refractivity contribution in [3.05, 3.63) is 34.8 Å². The SMILES string of the molecule is CCCCc1c[se]c2ccccc12. The molecule has 0 bridgehead atoms. The first kappa shape index (κ1) is 9.05. The molecule has 1 heterocycles. The van der Waals surface area contributed by atoms with Crippen LogP contribution in [-0.2, 0) is 6.42 Å². The van der Waals surface area contributed by atoms with E-state index in [1.807, 2.05) is 0 Å². The number of aryl methyl sites for hydroxylation is 1. The first-order valence-corrected chi connectivity index (χ1v) is 6.71. The molecule has 0 unspecified atom stereocenters. The van der Waals surface area contributed by atoms with Gasteiger partial charge in [-0.05, 0) is 0 Å². The average Bonchev–Trinajstić information content (AvgIpc) is 2.58. The monoisotopic (exact) mass is 238 g/mol. The van der Waals surface area contributed by atoms with Crippen molar-refractivity contribution in [2.75, 3.05) is 0 Å². The molecule has 13 heavy (non-hydrogen) atoms. The summed E-state index contributed by atoms with van der Waals surface area (Å²) in [5.41, 5.74) is 1.59. The fourth-order valence-corrected chi connectivity index (χ4v) is 3.69. The van der Waals surface area contributed by atoms with Crippen molar-refractivity contribution in [1.29, 1.82) is 0 Å². The second-order valence-corrected chi connectivity index (χ2v) is 5.27. The first-order chi connectivity index (χ1) is 6.42.